The van der Waals surface area contributed by atoms with E-state index in [1.807, 2.05) is 19.9 Å². The van der Waals surface area contributed by atoms with E-state index in [2.05, 4.69) is 12.2 Å². The van der Waals surface area contributed by atoms with Crippen LogP contribution in [0.15, 0.2) is 6.07 Å². The van der Waals surface area contributed by atoms with Crippen LogP contribution in [0.25, 0.3) is 0 Å². The fraction of sp³-hybridized carbons (Fsp3) is 0.600. The van der Waals surface area contributed by atoms with Gasteiger partial charge in [0.2, 0.25) is 0 Å². The number of aliphatic carboxylic acids is 1. The fourth-order valence-corrected chi connectivity index (χ4v) is 3.14. The highest BCUT2D eigenvalue weighted by atomic mass is 32.1. The van der Waals surface area contributed by atoms with E-state index < -0.39 is 5.97 Å². The van der Waals surface area contributed by atoms with Gasteiger partial charge in [-0.25, -0.2) is 0 Å². The Labute approximate surface area is 124 Å². The van der Waals surface area contributed by atoms with Crippen LogP contribution in [-0.2, 0) is 4.79 Å². The molecule has 1 amide bonds. The molecule has 0 aliphatic heterocycles. The van der Waals surface area contributed by atoms with Gasteiger partial charge in [0.15, 0.2) is 0 Å². The number of carbonyl (C=O) groups excluding carboxylic acids is 1. The van der Waals surface area contributed by atoms with Crippen molar-refractivity contribution in [2.75, 3.05) is 6.54 Å². The van der Waals surface area contributed by atoms with Gasteiger partial charge in [0.05, 0.1) is 5.56 Å². The SMILES string of the molecule is CCC(CCNC(=O)c1cc(C)sc1C)CCC(=O)O. The molecule has 0 saturated carbocycles. The molecule has 1 heterocycles. The molecule has 112 valence electrons. The van der Waals surface area contributed by atoms with Crippen LogP contribution in [-0.4, -0.2) is 23.5 Å². The van der Waals surface area contributed by atoms with Crippen LogP contribution in [0.3, 0.4) is 0 Å². The van der Waals surface area contributed by atoms with Gasteiger partial charge in [0.1, 0.15) is 0 Å². The Morgan fingerprint density at radius 1 is 1.35 bits per heavy atom. The van der Waals surface area contributed by atoms with Crippen LogP contribution in [0.4, 0.5) is 0 Å². The molecule has 20 heavy (non-hydrogen) atoms. The first-order valence-corrected chi connectivity index (χ1v) is 7.82. The van der Waals surface area contributed by atoms with E-state index in [9.17, 15) is 9.59 Å². The number of thiophene rings is 1. The van der Waals surface area contributed by atoms with Crippen molar-refractivity contribution >= 4 is 23.2 Å². The van der Waals surface area contributed by atoms with E-state index in [0.717, 1.165) is 28.2 Å². The number of hydrogen-bond acceptors (Lipinski definition) is 3. The van der Waals surface area contributed by atoms with Gasteiger partial charge in [-0.15, -0.1) is 11.3 Å². The minimum absolute atomic E-state index is 0.0278. The molecule has 0 radical (unpaired) electrons. The largest absolute Gasteiger partial charge is 0.481 e. The zero-order valence-electron chi connectivity index (χ0n) is 12.4. The number of aryl methyl sites for hydroxylation is 2. The summed E-state index contributed by atoms with van der Waals surface area (Å²) in [5, 5.41) is 11.6. The Bertz CT molecular complexity index is 468. The van der Waals surface area contributed by atoms with Crippen LogP contribution in [0, 0.1) is 19.8 Å². The van der Waals surface area contributed by atoms with Crippen molar-refractivity contribution in [2.24, 2.45) is 5.92 Å². The van der Waals surface area contributed by atoms with E-state index in [0.29, 0.717) is 18.9 Å². The van der Waals surface area contributed by atoms with Crippen LogP contribution in [0.5, 0.6) is 0 Å². The third-order valence-electron chi connectivity index (χ3n) is 3.47. The molecule has 1 aromatic rings. The molecule has 0 aromatic carbocycles. The van der Waals surface area contributed by atoms with Gasteiger partial charge in [0.25, 0.3) is 5.91 Å². The summed E-state index contributed by atoms with van der Waals surface area (Å²) >= 11 is 1.63. The summed E-state index contributed by atoms with van der Waals surface area (Å²) in [7, 11) is 0. The molecule has 1 unspecified atom stereocenters. The second kappa shape index (κ2) is 8.04. The smallest absolute Gasteiger partial charge is 0.303 e. The predicted molar refractivity (Wildman–Crippen MR) is 81.4 cm³/mol. The first-order chi connectivity index (χ1) is 9.43. The van der Waals surface area contributed by atoms with E-state index in [-0.39, 0.29) is 12.3 Å². The maximum atomic E-state index is 12.0. The topological polar surface area (TPSA) is 66.4 Å². The van der Waals surface area contributed by atoms with Crippen LogP contribution in [0.1, 0.15) is 52.7 Å². The second-order valence-corrected chi connectivity index (χ2v) is 6.54. The minimum atomic E-state index is -0.753. The number of rotatable bonds is 8. The molecule has 1 aromatic heterocycles. The zero-order valence-corrected chi connectivity index (χ0v) is 13.2. The van der Waals surface area contributed by atoms with Gasteiger partial charge in [0, 0.05) is 22.7 Å². The lowest BCUT2D eigenvalue weighted by molar-refractivity contribution is -0.137. The molecule has 4 nitrogen and oxygen atoms in total. The summed E-state index contributed by atoms with van der Waals surface area (Å²) in [6.07, 6.45) is 2.66. The first-order valence-electron chi connectivity index (χ1n) is 7.01. The lowest BCUT2D eigenvalue weighted by Crippen LogP contribution is -2.26. The number of nitrogens with one attached hydrogen (secondary N) is 1. The van der Waals surface area contributed by atoms with E-state index in [1.165, 1.54) is 0 Å². The van der Waals surface area contributed by atoms with E-state index in [1.54, 1.807) is 11.3 Å². The van der Waals surface area contributed by atoms with Crippen molar-refractivity contribution in [3.05, 3.63) is 21.4 Å². The summed E-state index contributed by atoms with van der Waals surface area (Å²) in [5.41, 5.74) is 0.756. The molecular formula is C15H23NO3S. The first kappa shape index (κ1) is 16.7. The Balaban J connectivity index is 2.37. The summed E-state index contributed by atoms with van der Waals surface area (Å²) in [5.74, 6) is -0.423. The van der Waals surface area contributed by atoms with Crippen LogP contribution < -0.4 is 5.32 Å². The monoisotopic (exact) mass is 297 g/mol. The highest BCUT2D eigenvalue weighted by Gasteiger charge is 2.13. The number of amides is 1. The number of hydrogen-bond donors (Lipinski definition) is 2. The van der Waals surface area contributed by atoms with Gasteiger partial charge in [-0.2, -0.15) is 0 Å². The Morgan fingerprint density at radius 3 is 2.55 bits per heavy atom. The van der Waals surface area contributed by atoms with Crippen molar-refractivity contribution in [2.45, 2.75) is 46.5 Å². The molecule has 0 fully saturated rings. The molecule has 2 N–H and O–H groups in total. The standard InChI is InChI=1S/C15H23NO3S/c1-4-12(5-6-14(17)18)7-8-16-15(19)13-9-10(2)20-11(13)3/h9,12H,4-8H2,1-3H3,(H,16,19)(H,17,18). The van der Waals surface area contributed by atoms with Crippen molar-refractivity contribution in [1.29, 1.82) is 0 Å². The molecule has 0 aliphatic carbocycles. The normalized spacial score (nSPS) is 12.2. The van der Waals surface area contributed by atoms with Gasteiger partial charge in [-0.1, -0.05) is 13.3 Å². The fourth-order valence-electron chi connectivity index (χ4n) is 2.22. The summed E-state index contributed by atoms with van der Waals surface area (Å²) in [6.45, 7) is 6.60. The van der Waals surface area contributed by atoms with E-state index in [4.69, 9.17) is 5.11 Å². The highest BCUT2D eigenvalue weighted by Crippen LogP contribution is 2.20. The van der Waals surface area contributed by atoms with Gasteiger partial charge >= 0.3 is 5.97 Å². The van der Waals surface area contributed by atoms with Crippen LogP contribution in [0.2, 0.25) is 0 Å². The van der Waals surface area contributed by atoms with Crippen molar-refractivity contribution in [1.82, 2.24) is 5.32 Å². The van der Waals surface area contributed by atoms with Crippen LogP contribution >= 0.6 is 11.3 Å². The Morgan fingerprint density at radius 2 is 2.05 bits per heavy atom. The second-order valence-electron chi connectivity index (χ2n) is 5.08. The minimum Gasteiger partial charge on any atom is -0.481 e. The maximum absolute atomic E-state index is 12.0. The third kappa shape index (κ3) is 5.33. The van der Waals surface area contributed by atoms with Crippen molar-refractivity contribution < 1.29 is 14.7 Å². The zero-order chi connectivity index (χ0) is 15.1. The highest BCUT2D eigenvalue weighted by molar-refractivity contribution is 7.12. The molecule has 1 rings (SSSR count). The lowest BCUT2D eigenvalue weighted by atomic mass is 9.96. The van der Waals surface area contributed by atoms with Gasteiger partial charge < -0.3 is 10.4 Å². The summed E-state index contributed by atoms with van der Waals surface area (Å²) in [6, 6.07) is 1.91. The average molecular weight is 297 g/mol. The maximum Gasteiger partial charge on any atom is 0.303 e. The molecule has 5 heteroatoms. The Kier molecular flexibility index (Phi) is 6.71. The summed E-state index contributed by atoms with van der Waals surface area (Å²) in [4.78, 5) is 24.8. The lowest BCUT2D eigenvalue weighted by Gasteiger charge is -2.14. The number of carboxylic acid groups (broad SMARTS) is 1. The molecular weight excluding hydrogens is 274 g/mol. The van der Waals surface area contributed by atoms with Crippen molar-refractivity contribution in [3.63, 3.8) is 0 Å². The van der Waals surface area contributed by atoms with Crippen molar-refractivity contribution in [3.8, 4) is 0 Å². The molecule has 0 spiro atoms. The summed E-state index contributed by atoms with van der Waals surface area (Å²) < 4.78 is 0. The average Bonchev–Trinajstić information content (AvgIpc) is 2.72. The van der Waals surface area contributed by atoms with Gasteiger partial charge in [-0.05, 0) is 38.7 Å². The number of carbonyl (C=O) groups is 2. The third-order valence-corrected chi connectivity index (χ3v) is 4.43. The van der Waals surface area contributed by atoms with E-state index >= 15 is 0 Å². The predicted octanol–water partition coefficient (Wildman–Crippen LogP) is 3.38. The Hall–Kier alpha value is -1.36. The molecule has 0 aliphatic rings. The molecule has 0 saturated heterocycles. The number of carboxylic acids is 1. The molecule has 0 bridgehead atoms. The van der Waals surface area contributed by atoms with Gasteiger partial charge in [-0.3, -0.25) is 9.59 Å². The quantitative estimate of drug-likeness (QED) is 0.773. The molecule has 1 atom stereocenters.